The van der Waals surface area contributed by atoms with E-state index in [1.165, 1.54) is 0 Å². The first-order valence-electron chi connectivity index (χ1n) is 4.21. The van der Waals surface area contributed by atoms with Crippen LogP contribution in [0.15, 0.2) is 18.2 Å². The van der Waals surface area contributed by atoms with E-state index >= 15 is 0 Å². The maximum Gasteiger partial charge on any atom is 0.118 e. The highest BCUT2D eigenvalue weighted by Gasteiger charge is 2.09. The number of rotatable bonds is 2. The molecule has 3 heteroatoms. The van der Waals surface area contributed by atoms with Gasteiger partial charge in [-0.25, -0.2) is 0 Å². The Hall–Kier alpha value is -0.750. The number of phenolic OH excluding ortho intramolecular Hbond substituents is 1. The second-order valence-electron chi connectivity index (χ2n) is 3.85. The zero-order valence-corrected chi connectivity index (χ0v) is 9.14. The van der Waals surface area contributed by atoms with E-state index in [2.05, 4.69) is 0 Å². The average Bonchev–Trinajstić information content (AvgIpc) is 1.94. The van der Waals surface area contributed by atoms with Gasteiger partial charge in [-0.3, -0.25) is 0 Å². The van der Waals surface area contributed by atoms with Gasteiger partial charge in [-0.05, 0) is 37.4 Å². The molecule has 0 fully saturated rings. The molecule has 0 aromatic heterocycles. The van der Waals surface area contributed by atoms with Gasteiger partial charge in [-0.15, -0.1) is 0 Å². The van der Waals surface area contributed by atoms with Crippen LogP contribution in [-0.4, -0.2) is 18.4 Å². The van der Waals surface area contributed by atoms with Gasteiger partial charge in [0.25, 0.3) is 0 Å². The van der Waals surface area contributed by atoms with Gasteiger partial charge in [0, 0.05) is 6.16 Å². The lowest BCUT2D eigenvalue weighted by Crippen LogP contribution is -1.86. The Labute approximate surface area is 79.0 Å². The van der Waals surface area contributed by atoms with Crippen LogP contribution in [0.2, 0.25) is 0 Å². The van der Waals surface area contributed by atoms with Crippen LogP contribution < -0.4 is 0 Å². The summed E-state index contributed by atoms with van der Waals surface area (Å²) in [5.41, 5.74) is 1.79. The lowest BCUT2D eigenvalue weighted by Gasteiger charge is -2.07. The summed E-state index contributed by atoms with van der Waals surface area (Å²) in [7, 11) is -2.03. The first-order chi connectivity index (χ1) is 5.88. The molecule has 0 atom stereocenters. The lowest BCUT2D eigenvalue weighted by molar-refractivity contribution is 0.470. The summed E-state index contributed by atoms with van der Waals surface area (Å²) in [4.78, 5) is 0. The first kappa shape index (κ1) is 10.3. The SMILES string of the molecule is Cc1ccc(CP(C)(C)=O)cc1O. The van der Waals surface area contributed by atoms with Gasteiger partial charge in [0.05, 0.1) is 7.14 Å². The summed E-state index contributed by atoms with van der Waals surface area (Å²) in [5.74, 6) is 0.283. The van der Waals surface area contributed by atoms with Crippen molar-refractivity contribution >= 4 is 7.14 Å². The molecular formula is C10H15O2P. The molecule has 0 amide bonds. The van der Waals surface area contributed by atoms with Crippen LogP contribution in [0.5, 0.6) is 5.75 Å². The predicted octanol–water partition coefficient (Wildman–Crippen LogP) is 2.82. The number of phenols is 1. The molecule has 0 radical (unpaired) electrons. The summed E-state index contributed by atoms with van der Waals surface area (Å²) in [5, 5.41) is 9.41. The molecule has 0 spiro atoms. The predicted molar refractivity (Wildman–Crippen MR) is 56.0 cm³/mol. The van der Waals surface area contributed by atoms with E-state index in [1.807, 2.05) is 19.1 Å². The number of aryl methyl sites for hydroxylation is 1. The van der Waals surface area contributed by atoms with Crippen molar-refractivity contribution in [3.63, 3.8) is 0 Å². The second kappa shape index (κ2) is 3.55. The molecule has 0 saturated carbocycles. The van der Waals surface area contributed by atoms with Crippen molar-refractivity contribution in [3.8, 4) is 5.75 Å². The van der Waals surface area contributed by atoms with Crippen LogP contribution in [0.4, 0.5) is 0 Å². The van der Waals surface area contributed by atoms with Crippen molar-refractivity contribution in [2.24, 2.45) is 0 Å². The Balaban J connectivity index is 2.92. The maximum absolute atomic E-state index is 11.5. The third-order valence-corrected chi connectivity index (χ3v) is 2.96. The second-order valence-corrected chi connectivity index (χ2v) is 7.32. The van der Waals surface area contributed by atoms with E-state index in [0.717, 1.165) is 11.1 Å². The summed E-state index contributed by atoms with van der Waals surface area (Å²) < 4.78 is 11.5. The third-order valence-electron chi connectivity index (χ3n) is 1.84. The van der Waals surface area contributed by atoms with Crippen molar-refractivity contribution in [2.45, 2.75) is 13.1 Å². The first-order valence-corrected chi connectivity index (χ1v) is 6.99. The minimum absolute atomic E-state index is 0.283. The summed E-state index contributed by atoms with van der Waals surface area (Å²) in [6.07, 6.45) is 0.556. The van der Waals surface area contributed by atoms with Gasteiger partial charge in [-0.2, -0.15) is 0 Å². The molecule has 0 aliphatic heterocycles. The van der Waals surface area contributed by atoms with E-state index in [-0.39, 0.29) is 5.75 Å². The molecule has 1 rings (SSSR count). The number of hydrogen-bond acceptors (Lipinski definition) is 2. The molecule has 1 aromatic rings. The number of hydrogen-bond donors (Lipinski definition) is 1. The minimum atomic E-state index is -2.03. The van der Waals surface area contributed by atoms with Gasteiger partial charge in [0.15, 0.2) is 0 Å². The Morgan fingerprint density at radius 2 is 2.00 bits per heavy atom. The molecular weight excluding hydrogens is 183 g/mol. The van der Waals surface area contributed by atoms with Gasteiger partial charge in [0.2, 0.25) is 0 Å². The van der Waals surface area contributed by atoms with Gasteiger partial charge < -0.3 is 9.67 Å². The highest BCUT2D eigenvalue weighted by Crippen LogP contribution is 2.40. The van der Waals surface area contributed by atoms with E-state index < -0.39 is 7.14 Å². The Morgan fingerprint density at radius 3 is 2.46 bits per heavy atom. The van der Waals surface area contributed by atoms with Gasteiger partial charge in [-0.1, -0.05) is 12.1 Å². The molecule has 0 bridgehead atoms. The lowest BCUT2D eigenvalue weighted by atomic mass is 10.1. The zero-order valence-electron chi connectivity index (χ0n) is 8.24. The van der Waals surface area contributed by atoms with E-state index in [1.54, 1.807) is 19.4 Å². The fourth-order valence-electron chi connectivity index (χ4n) is 1.19. The third kappa shape index (κ3) is 3.23. The van der Waals surface area contributed by atoms with Gasteiger partial charge >= 0.3 is 0 Å². The van der Waals surface area contributed by atoms with Crippen LogP contribution in [-0.2, 0) is 10.7 Å². The molecule has 0 aliphatic rings. The average molecular weight is 198 g/mol. The fourth-order valence-corrected chi connectivity index (χ4v) is 2.27. The van der Waals surface area contributed by atoms with Crippen molar-refractivity contribution < 1.29 is 9.67 Å². The van der Waals surface area contributed by atoms with Crippen LogP contribution in [0, 0.1) is 6.92 Å². The highest BCUT2D eigenvalue weighted by atomic mass is 31.2. The molecule has 0 unspecified atom stereocenters. The Kier molecular flexibility index (Phi) is 2.82. The molecule has 0 saturated heterocycles. The topological polar surface area (TPSA) is 37.3 Å². The smallest absolute Gasteiger partial charge is 0.118 e. The van der Waals surface area contributed by atoms with Crippen molar-refractivity contribution in [2.75, 3.05) is 13.3 Å². The monoisotopic (exact) mass is 198 g/mol. The minimum Gasteiger partial charge on any atom is -0.508 e. The molecule has 1 N–H and O–H groups in total. The molecule has 13 heavy (non-hydrogen) atoms. The maximum atomic E-state index is 11.5. The Morgan fingerprint density at radius 1 is 1.38 bits per heavy atom. The largest absolute Gasteiger partial charge is 0.508 e. The zero-order chi connectivity index (χ0) is 10.1. The van der Waals surface area contributed by atoms with Crippen LogP contribution >= 0.6 is 7.14 Å². The Bertz CT molecular complexity index is 352. The van der Waals surface area contributed by atoms with Gasteiger partial charge in [0.1, 0.15) is 5.75 Å². The van der Waals surface area contributed by atoms with Crippen LogP contribution in [0.3, 0.4) is 0 Å². The van der Waals surface area contributed by atoms with Crippen LogP contribution in [0.25, 0.3) is 0 Å². The summed E-state index contributed by atoms with van der Waals surface area (Å²) >= 11 is 0. The van der Waals surface area contributed by atoms with E-state index in [0.29, 0.717) is 6.16 Å². The number of aromatic hydroxyl groups is 1. The van der Waals surface area contributed by atoms with E-state index in [9.17, 15) is 9.67 Å². The molecule has 0 aliphatic carbocycles. The van der Waals surface area contributed by atoms with Crippen molar-refractivity contribution in [1.82, 2.24) is 0 Å². The van der Waals surface area contributed by atoms with E-state index in [4.69, 9.17) is 0 Å². The molecule has 1 aromatic carbocycles. The molecule has 0 heterocycles. The van der Waals surface area contributed by atoms with Crippen molar-refractivity contribution in [1.29, 1.82) is 0 Å². The molecule has 72 valence electrons. The van der Waals surface area contributed by atoms with Crippen LogP contribution in [0.1, 0.15) is 11.1 Å². The standard InChI is InChI=1S/C10H15O2P/c1-8-4-5-9(6-10(8)11)7-13(2,3)12/h4-6,11H,7H2,1-3H3. The highest BCUT2D eigenvalue weighted by molar-refractivity contribution is 7.61. The van der Waals surface area contributed by atoms with Crippen molar-refractivity contribution in [3.05, 3.63) is 29.3 Å². The number of benzene rings is 1. The fraction of sp³-hybridized carbons (Fsp3) is 0.400. The quantitative estimate of drug-likeness (QED) is 0.742. The summed E-state index contributed by atoms with van der Waals surface area (Å²) in [6.45, 7) is 5.35. The normalized spacial score (nSPS) is 11.6. The molecule has 2 nitrogen and oxygen atoms in total. The summed E-state index contributed by atoms with van der Waals surface area (Å²) in [6, 6.07) is 5.45.